The lowest BCUT2D eigenvalue weighted by Crippen LogP contribution is -2.30. The Hall–Kier alpha value is -3.36. The molecule has 0 aliphatic carbocycles. The SMILES string of the molecule is Cc1cc(NC(=O)c2cccc(CN3C(=O)CNC3=O)c2)cc(C(F)(F)F)c1. The summed E-state index contributed by atoms with van der Waals surface area (Å²) in [5.74, 6) is -0.975. The third kappa shape index (κ3) is 4.30. The van der Waals surface area contributed by atoms with Crippen molar-refractivity contribution in [1.82, 2.24) is 10.2 Å². The van der Waals surface area contributed by atoms with E-state index in [1.54, 1.807) is 12.1 Å². The second-order valence-corrected chi connectivity index (χ2v) is 6.38. The largest absolute Gasteiger partial charge is 0.416 e. The lowest BCUT2D eigenvalue weighted by atomic mass is 10.1. The Morgan fingerprint density at radius 2 is 1.93 bits per heavy atom. The van der Waals surface area contributed by atoms with Crippen molar-refractivity contribution in [3.8, 4) is 0 Å². The van der Waals surface area contributed by atoms with E-state index in [4.69, 9.17) is 0 Å². The van der Waals surface area contributed by atoms with E-state index in [9.17, 15) is 27.6 Å². The van der Waals surface area contributed by atoms with Crippen LogP contribution >= 0.6 is 0 Å². The molecular weight excluding hydrogens is 375 g/mol. The molecule has 0 radical (unpaired) electrons. The Labute approximate surface area is 158 Å². The van der Waals surface area contributed by atoms with Gasteiger partial charge in [0, 0.05) is 11.3 Å². The molecule has 9 heteroatoms. The van der Waals surface area contributed by atoms with Gasteiger partial charge in [-0.05, 0) is 48.4 Å². The van der Waals surface area contributed by atoms with Gasteiger partial charge in [-0.25, -0.2) is 4.79 Å². The molecule has 28 heavy (non-hydrogen) atoms. The molecule has 1 saturated heterocycles. The maximum Gasteiger partial charge on any atom is 0.416 e. The highest BCUT2D eigenvalue weighted by molar-refractivity contribution is 6.04. The Kier molecular flexibility index (Phi) is 5.08. The summed E-state index contributed by atoms with van der Waals surface area (Å²) >= 11 is 0. The van der Waals surface area contributed by atoms with E-state index < -0.39 is 23.7 Å². The lowest BCUT2D eigenvalue weighted by molar-refractivity contribution is -0.137. The van der Waals surface area contributed by atoms with Gasteiger partial charge in [-0.15, -0.1) is 0 Å². The van der Waals surface area contributed by atoms with Gasteiger partial charge >= 0.3 is 12.2 Å². The number of anilines is 1. The summed E-state index contributed by atoms with van der Waals surface area (Å²) in [6.07, 6.45) is -4.52. The fourth-order valence-corrected chi connectivity index (χ4v) is 2.83. The molecule has 1 fully saturated rings. The Morgan fingerprint density at radius 1 is 1.18 bits per heavy atom. The van der Waals surface area contributed by atoms with E-state index in [1.165, 1.54) is 25.1 Å². The number of imide groups is 1. The van der Waals surface area contributed by atoms with Gasteiger partial charge in [0.15, 0.2) is 0 Å². The number of hydrogen-bond donors (Lipinski definition) is 2. The van der Waals surface area contributed by atoms with Crippen LogP contribution in [0.3, 0.4) is 0 Å². The summed E-state index contributed by atoms with van der Waals surface area (Å²) in [6.45, 7) is 1.42. The summed E-state index contributed by atoms with van der Waals surface area (Å²) in [7, 11) is 0. The number of halogens is 3. The molecule has 2 aromatic carbocycles. The van der Waals surface area contributed by atoms with Crippen molar-refractivity contribution in [3.63, 3.8) is 0 Å². The van der Waals surface area contributed by atoms with Crippen LogP contribution in [0.4, 0.5) is 23.7 Å². The van der Waals surface area contributed by atoms with E-state index >= 15 is 0 Å². The molecule has 0 atom stereocenters. The van der Waals surface area contributed by atoms with Crippen molar-refractivity contribution in [1.29, 1.82) is 0 Å². The average molecular weight is 391 g/mol. The van der Waals surface area contributed by atoms with Crippen LogP contribution in [0.25, 0.3) is 0 Å². The highest BCUT2D eigenvalue weighted by Gasteiger charge is 2.31. The third-order valence-electron chi connectivity index (χ3n) is 4.13. The Bertz CT molecular complexity index is 941. The van der Waals surface area contributed by atoms with Gasteiger partial charge in [-0.1, -0.05) is 12.1 Å². The number of nitrogens with zero attached hydrogens (tertiary/aromatic N) is 1. The first kappa shape index (κ1) is 19.4. The molecule has 0 aromatic heterocycles. The number of carbonyl (C=O) groups is 3. The molecular formula is C19H16F3N3O3. The zero-order valence-electron chi connectivity index (χ0n) is 14.8. The summed E-state index contributed by atoms with van der Waals surface area (Å²) in [5, 5.41) is 4.85. The highest BCUT2D eigenvalue weighted by Crippen LogP contribution is 2.32. The van der Waals surface area contributed by atoms with E-state index in [2.05, 4.69) is 10.6 Å². The van der Waals surface area contributed by atoms with Crippen LogP contribution in [0.1, 0.15) is 27.0 Å². The summed E-state index contributed by atoms with van der Waals surface area (Å²) in [6, 6.07) is 8.96. The Balaban J connectivity index is 1.78. The van der Waals surface area contributed by atoms with Crippen LogP contribution in [0.5, 0.6) is 0 Å². The van der Waals surface area contributed by atoms with E-state index in [1.807, 2.05) is 0 Å². The number of aryl methyl sites for hydroxylation is 1. The van der Waals surface area contributed by atoms with Crippen molar-refractivity contribution in [3.05, 3.63) is 64.7 Å². The van der Waals surface area contributed by atoms with Gasteiger partial charge in [0.2, 0.25) is 5.91 Å². The second-order valence-electron chi connectivity index (χ2n) is 6.38. The van der Waals surface area contributed by atoms with Crippen LogP contribution in [0.2, 0.25) is 0 Å². The second kappa shape index (κ2) is 7.34. The van der Waals surface area contributed by atoms with Gasteiger partial charge < -0.3 is 10.6 Å². The van der Waals surface area contributed by atoms with Crippen LogP contribution in [-0.2, 0) is 17.5 Å². The van der Waals surface area contributed by atoms with Crippen molar-refractivity contribution >= 4 is 23.5 Å². The van der Waals surface area contributed by atoms with Crippen molar-refractivity contribution < 1.29 is 27.6 Å². The number of hydrogen-bond acceptors (Lipinski definition) is 3. The number of nitrogens with one attached hydrogen (secondary N) is 2. The zero-order chi connectivity index (χ0) is 20.5. The molecule has 146 valence electrons. The summed E-state index contributed by atoms with van der Waals surface area (Å²) in [5.41, 5.74) is 0.266. The lowest BCUT2D eigenvalue weighted by Gasteiger charge is -2.14. The van der Waals surface area contributed by atoms with Gasteiger partial charge in [-0.3, -0.25) is 14.5 Å². The van der Waals surface area contributed by atoms with Crippen LogP contribution < -0.4 is 10.6 Å². The molecule has 1 aliphatic heterocycles. The number of amides is 4. The number of urea groups is 1. The number of rotatable bonds is 4. The van der Waals surface area contributed by atoms with Gasteiger partial charge in [0.1, 0.15) is 0 Å². The quantitative estimate of drug-likeness (QED) is 0.785. The van der Waals surface area contributed by atoms with Crippen molar-refractivity contribution in [2.45, 2.75) is 19.6 Å². The molecule has 6 nitrogen and oxygen atoms in total. The zero-order valence-corrected chi connectivity index (χ0v) is 14.8. The minimum atomic E-state index is -4.52. The summed E-state index contributed by atoms with van der Waals surface area (Å²) in [4.78, 5) is 36.8. The minimum Gasteiger partial charge on any atom is -0.329 e. The van der Waals surface area contributed by atoms with E-state index in [-0.39, 0.29) is 30.2 Å². The van der Waals surface area contributed by atoms with Crippen molar-refractivity contribution in [2.24, 2.45) is 0 Å². The number of alkyl halides is 3. The minimum absolute atomic E-state index is 0.00550. The van der Waals surface area contributed by atoms with Crippen molar-refractivity contribution in [2.75, 3.05) is 11.9 Å². The smallest absolute Gasteiger partial charge is 0.329 e. The maximum absolute atomic E-state index is 12.9. The Morgan fingerprint density at radius 3 is 2.57 bits per heavy atom. The standard InChI is InChI=1S/C19H16F3N3O3/c1-11-5-14(19(20,21)22)8-15(6-11)24-17(27)13-4-2-3-12(7-13)10-25-16(26)9-23-18(25)28/h2-8H,9-10H2,1H3,(H,23,28)(H,24,27). The molecule has 1 heterocycles. The predicted molar refractivity (Wildman–Crippen MR) is 94.5 cm³/mol. The molecule has 3 rings (SSSR count). The highest BCUT2D eigenvalue weighted by atomic mass is 19.4. The van der Waals surface area contributed by atoms with Crippen LogP contribution in [0.15, 0.2) is 42.5 Å². The molecule has 1 aliphatic rings. The molecule has 4 amide bonds. The fraction of sp³-hybridized carbons (Fsp3) is 0.211. The molecule has 0 spiro atoms. The van der Waals surface area contributed by atoms with E-state index in [0.29, 0.717) is 11.1 Å². The fourth-order valence-electron chi connectivity index (χ4n) is 2.83. The van der Waals surface area contributed by atoms with Gasteiger partial charge in [-0.2, -0.15) is 13.2 Å². The molecule has 0 bridgehead atoms. The monoisotopic (exact) mass is 391 g/mol. The maximum atomic E-state index is 12.9. The average Bonchev–Trinajstić information content (AvgIpc) is 2.93. The number of carbonyl (C=O) groups excluding carboxylic acids is 3. The normalized spacial score (nSPS) is 14.2. The molecule has 2 N–H and O–H groups in total. The van der Waals surface area contributed by atoms with Crippen LogP contribution in [-0.4, -0.2) is 29.3 Å². The molecule has 0 unspecified atom stereocenters. The first-order chi connectivity index (χ1) is 13.1. The van der Waals surface area contributed by atoms with Gasteiger partial charge in [0.05, 0.1) is 18.7 Å². The topological polar surface area (TPSA) is 78.5 Å². The van der Waals surface area contributed by atoms with E-state index in [0.717, 1.165) is 17.0 Å². The number of benzene rings is 2. The molecule has 0 saturated carbocycles. The molecule has 2 aromatic rings. The van der Waals surface area contributed by atoms with Crippen LogP contribution in [0, 0.1) is 6.92 Å². The predicted octanol–water partition coefficient (Wildman–Crippen LogP) is 3.32. The third-order valence-corrected chi connectivity index (χ3v) is 4.13. The first-order valence-corrected chi connectivity index (χ1v) is 8.31. The van der Waals surface area contributed by atoms with Gasteiger partial charge in [0.25, 0.3) is 5.91 Å². The first-order valence-electron chi connectivity index (χ1n) is 8.31. The summed E-state index contributed by atoms with van der Waals surface area (Å²) < 4.78 is 38.8.